The van der Waals surface area contributed by atoms with Crippen LogP contribution in [-0.2, 0) is 19.5 Å². The number of hydrogen-bond donors (Lipinski definition) is 1. The first-order valence-electron chi connectivity index (χ1n) is 10.2. The molecule has 3 nitrogen and oxygen atoms in total. The maximum atomic E-state index is 5.45. The monoisotopic (exact) mass is 384 g/mol. The van der Waals surface area contributed by atoms with Crippen LogP contribution in [0, 0.1) is 6.92 Å². The maximum absolute atomic E-state index is 5.45. The highest BCUT2D eigenvalue weighted by atomic mass is 16.5. The molecule has 3 aromatic carbocycles. The molecule has 0 saturated heterocycles. The van der Waals surface area contributed by atoms with Crippen LogP contribution in [0.1, 0.15) is 22.3 Å². The van der Waals surface area contributed by atoms with E-state index in [1.54, 1.807) is 7.11 Å². The molecule has 148 valence electrons. The Morgan fingerprint density at radius 2 is 1.62 bits per heavy atom. The molecule has 3 heteroatoms. The number of ether oxygens (including phenoxy) is 1. The van der Waals surface area contributed by atoms with Crippen molar-refractivity contribution >= 4 is 10.9 Å². The number of rotatable bonds is 8. The summed E-state index contributed by atoms with van der Waals surface area (Å²) in [6.07, 6.45) is 3.24. The minimum atomic E-state index is 0.858. The van der Waals surface area contributed by atoms with Crippen LogP contribution in [0.25, 0.3) is 10.9 Å². The van der Waals surface area contributed by atoms with Crippen LogP contribution in [0.15, 0.2) is 79.0 Å². The summed E-state index contributed by atoms with van der Waals surface area (Å²) in [7, 11) is 1.73. The van der Waals surface area contributed by atoms with Crippen LogP contribution in [0.5, 0.6) is 5.75 Å². The number of aryl methyl sites for hydroxylation is 1. The van der Waals surface area contributed by atoms with Crippen molar-refractivity contribution in [1.29, 1.82) is 0 Å². The Morgan fingerprint density at radius 3 is 2.45 bits per heavy atom. The molecule has 0 aliphatic heterocycles. The third-order valence-corrected chi connectivity index (χ3v) is 5.42. The molecule has 0 spiro atoms. The third kappa shape index (κ3) is 4.52. The lowest BCUT2D eigenvalue weighted by atomic mass is 10.1. The van der Waals surface area contributed by atoms with E-state index < -0.39 is 0 Å². The first kappa shape index (κ1) is 19.3. The van der Waals surface area contributed by atoms with Gasteiger partial charge in [0.05, 0.1) is 7.11 Å². The molecule has 4 rings (SSSR count). The van der Waals surface area contributed by atoms with Crippen molar-refractivity contribution in [2.75, 3.05) is 13.7 Å². The molecule has 0 atom stereocenters. The molecule has 1 heterocycles. The van der Waals surface area contributed by atoms with Crippen LogP contribution < -0.4 is 10.1 Å². The zero-order valence-electron chi connectivity index (χ0n) is 17.2. The van der Waals surface area contributed by atoms with Gasteiger partial charge in [-0.1, -0.05) is 66.2 Å². The SMILES string of the molecule is COc1ccccc1CCNCc1cn(Cc2ccc(C)cc2)c2ccccc12. The van der Waals surface area contributed by atoms with Crippen molar-refractivity contribution in [1.82, 2.24) is 9.88 Å². The highest BCUT2D eigenvalue weighted by Crippen LogP contribution is 2.23. The van der Waals surface area contributed by atoms with Gasteiger partial charge in [-0.15, -0.1) is 0 Å². The minimum Gasteiger partial charge on any atom is -0.496 e. The molecular formula is C26H28N2O. The van der Waals surface area contributed by atoms with E-state index in [1.165, 1.54) is 33.2 Å². The lowest BCUT2D eigenvalue weighted by Crippen LogP contribution is -2.16. The van der Waals surface area contributed by atoms with Gasteiger partial charge in [0.1, 0.15) is 5.75 Å². The van der Waals surface area contributed by atoms with Crippen LogP contribution in [-0.4, -0.2) is 18.2 Å². The second-order valence-corrected chi connectivity index (χ2v) is 7.52. The standard InChI is InChI=1S/C26H28N2O/c1-20-11-13-21(14-12-20)18-28-19-23(24-8-4-5-9-25(24)28)17-27-16-15-22-7-3-6-10-26(22)29-2/h3-14,19,27H,15-18H2,1-2H3. The predicted molar refractivity (Wildman–Crippen MR) is 121 cm³/mol. The van der Waals surface area contributed by atoms with Crippen molar-refractivity contribution in [3.8, 4) is 5.75 Å². The van der Waals surface area contributed by atoms with Crippen molar-refractivity contribution in [2.45, 2.75) is 26.4 Å². The Hall–Kier alpha value is -3.04. The largest absolute Gasteiger partial charge is 0.496 e. The number of fused-ring (bicyclic) bond motifs is 1. The van der Waals surface area contributed by atoms with Crippen molar-refractivity contribution in [2.24, 2.45) is 0 Å². The van der Waals surface area contributed by atoms with Gasteiger partial charge in [0.25, 0.3) is 0 Å². The molecule has 1 N–H and O–H groups in total. The minimum absolute atomic E-state index is 0.858. The van der Waals surface area contributed by atoms with Crippen LogP contribution in [0.4, 0.5) is 0 Å². The molecule has 4 aromatic rings. The Balaban J connectivity index is 1.45. The summed E-state index contributed by atoms with van der Waals surface area (Å²) in [4.78, 5) is 0. The summed E-state index contributed by atoms with van der Waals surface area (Å²) >= 11 is 0. The van der Waals surface area contributed by atoms with E-state index in [0.29, 0.717) is 0 Å². The van der Waals surface area contributed by atoms with Gasteiger partial charge in [-0.3, -0.25) is 0 Å². The molecule has 0 aliphatic rings. The highest BCUT2D eigenvalue weighted by Gasteiger charge is 2.09. The number of aromatic nitrogens is 1. The molecule has 29 heavy (non-hydrogen) atoms. The van der Waals surface area contributed by atoms with E-state index in [1.807, 2.05) is 12.1 Å². The molecule has 1 aromatic heterocycles. The molecule has 0 saturated carbocycles. The number of nitrogens with one attached hydrogen (secondary N) is 1. The highest BCUT2D eigenvalue weighted by molar-refractivity contribution is 5.84. The molecular weight excluding hydrogens is 356 g/mol. The molecule has 0 bridgehead atoms. The molecule has 0 aliphatic carbocycles. The summed E-state index contributed by atoms with van der Waals surface area (Å²) in [5.41, 5.74) is 6.49. The Bertz CT molecular complexity index is 1080. The normalized spacial score (nSPS) is 11.1. The quantitative estimate of drug-likeness (QED) is 0.415. The van der Waals surface area contributed by atoms with Gasteiger partial charge in [0.2, 0.25) is 0 Å². The summed E-state index contributed by atoms with van der Waals surface area (Å²) in [5, 5.41) is 4.93. The van der Waals surface area contributed by atoms with Gasteiger partial charge in [-0.25, -0.2) is 0 Å². The zero-order chi connectivity index (χ0) is 20.1. The summed E-state index contributed by atoms with van der Waals surface area (Å²) in [5.74, 6) is 0.962. The summed E-state index contributed by atoms with van der Waals surface area (Å²) in [6.45, 7) is 4.79. The van der Waals surface area contributed by atoms with E-state index in [0.717, 1.165) is 31.8 Å². The van der Waals surface area contributed by atoms with Crippen LogP contribution in [0.3, 0.4) is 0 Å². The van der Waals surface area contributed by atoms with E-state index in [4.69, 9.17) is 4.74 Å². The average Bonchev–Trinajstić information content (AvgIpc) is 3.10. The molecule has 0 radical (unpaired) electrons. The summed E-state index contributed by atoms with van der Waals surface area (Å²) in [6, 6.07) is 25.7. The smallest absolute Gasteiger partial charge is 0.122 e. The van der Waals surface area contributed by atoms with E-state index in [-0.39, 0.29) is 0 Å². The second-order valence-electron chi connectivity index (χ2n) is 7.52. The van der Waals surface area contributed by atoms with Crippen molar-refractivity contribution in [3.63, 3.8) is 0 Å². The first-order valence-corrected chi connectivity index (χ1v) is 10.2. The first-order chi connectivity index (χ1) is 14.2. The Morgan fingerprint density at radius 1 is 0.862 bits per heavy atom. The summed E-state index contributed by atoms with van der Waals surface area (Å²) < 4.78 is 7.81. The molecule has 0 fully saturated rings. The Kier molecular flexibility index (Phi) is 5.97. The van der Waals surface area contributed by atoms with Gasteiger partial charge in [0, 0.05) is 30.2 Å². The second kappa shape index (κ2) is 8.97. The third-order valence-electron chi connectivity index (χ3n) is 5.42. The van der Waals surface area contributed by atoms with E-state index >= 15 is 0 Å². The fourth-order valence-corrected chi connectivity index (χ4v) is 3.84. The maximum Gasteiger partial charge on any atom is 0.122 e. The number of hydrogen-bond acceptors (Lipinski definition) is 2. The number of para-hydroxylation sites is 2. The van der Waals surface area contributed by atoms with Gasteiger partial charge in [0.15, 0.2) is 0 Å². The number of methoxy groups -OCH3 is 1. The number of nitrogens with zero attached hydrogens (tertiary/aromatic N) is 1. The van der Waals surface area contributed by atoms with E-state index in [2.05, 4.69) is 83.7 Å². The lowest BCUT2D eigenvalue weighted by Gasteiger charge is -2.08. The van der Waals surface area contributed by atoms with Crippen molar-refractivity contribution in [3.05, 3.63) is 101 Å². The number of benzene rings is 3. The van der Waals surface area contributed by atoms with Gasteiger partial charge < -0.3 is 14.6 Å². The van der Waals surface area contributed by atoms with Crippen LogP contribution >= 0.6 is 0 Å². The fourth-order valence-electron chi connectivity index (χ4n) is 3.84. The van der Waals surface area contributed by atoms with Crippen molar-refractivity contribution < 1.29 is 4.74 Å². The van der Waals surface area contributed by atoms with Gasteiger partial charge in [-0.05, 0) is 48.7 Å². The van der Waals surface area contributed by atoms with E-state index in [9.17, 15) is 0 Å². The fraction of sp³-hybridized carbons (Fsp3) is 0.231. The average molecular weight is 385 g/mol. The molecule has 0 amide bonds. The zero-order valence-corrected chi connectivity index (χ0v) is 17.2. The topological polar surface area (TPSA) is 26.2 Å². The van der Waals surface area contributed by atoms with Crippen LogP contribution in [0.2, 0.25) is 0 Å². The van der Waals surface area contributed by atoms with Gasteiger partial charge >= 0.3 is 0 Å². The lowest BCUT2D eigenvalue weighted by molar-refractivity contribution is 0.409. The molecule has 0 unspecified atom stereocenters. The predicted octanol–water partition coefficient (Wildman–Crippen LogP) is 5.34. The van der Waals surface area contributed by atoms with Gasteiger partial charge in [-0.2, -0.15) is 0 Å². The Labute approximate surface area is 172 Å².